The van der Waals surface area contributed by atoms with Gasteiger partial charge in [0.05, 0.1) is 11.1 Å². The lowest BCUT2D eigenvalue weighted by Crippen LogP contribution is -2.48. The molecule has 0 unspecified atom stereocenters. The number of likely N-dealkylation sites (tertiary alicyclic amines) is 1. The molecule has 1 aromatic heterocycles. The molecule has 1 aliphatic rings. The molecule has 1 fully saturated rings. The molecule has 1 saturated heterocycles. The van der Waals surface area contributed by atoms with Crippen LogP contribution in [0.15, 0.2) is 54.9 Å². The summed E-state index contributed by atoms with van der Waals surface area (Å²) in [6.45, 7) is 5.63. The average molecular weight is 323 g/mol. The highest BCUT2D eigenvalue weighted by Gasteiger charge is 2.35. The molecule has 126 valence electrons. The van der Waals surface area contributed by atoms with Crippen LogP contribution in [0, 0.1) is 0 Å². The number of carbonyl (C=O) groups is 1. The normalized spacial score (nSPS) is 16.0. The van der Waals surface area contributed by atoms with Gasteiger partial charge in [0, 0.05) is 31.5 Å². The van der Waals surface area contributed by atoms with Crippen molar-refractivity contribution in [1.82, 2.24) is 9.88 Å². The third kappa shape index (κ3) is 3.58. The number of rotatable bonds is 4. The second-order valence-corrected chi connectivity index (χ2v) is 6.94. The average Bonchev–Trinajstić information content (AvgIpc) is 2.63. The minimum Gasteiger partial charge on any atom is -0.381 e. The third-order valence-electron chi connectivity index (χ3n) is 4.84. The summed E-state index contributed by atoms with van der Waals surface area (Å²) >= 11 is 0. The zero-order valence-corrected chi connectivity index (χ0v) is 14.4. The summed E-state index contributed by atoms with van der Waals surface area (Å²) in [5.41, 5.74) is 1.64. The first-order chi connectivity index (χ1) is 11.6. The van der Waals surface area contributed by atoms with E-state index in [4.69, 9.17) is 0 Å². The number of piperidine rings is 1. The molecule has 4 heteroatoms. The van der Waals surface area contributed by atoms with Gasteiger partial charge in [-0.05, 0) is 44.4 Å². The van der Waals surface area contributed by atoms with E-state index in [9.17, 15) is 4.79 Å². The molecule has 1 aromatic carbocycles. The predicted octanol–water partition coefficient (Wildman–Crippen LogP) is 3.46. The minimum atomic E-state index is -0.481. The summed E-state index contributed by atoms with van der Waals surface area (Å²) in [4.78, 5) is 19.1. The van der Waals surface area contributed by atoms with E-state index < -0.39 is 5.41 Å². The van der Waals surface area contributed by atoms with Crippen molar-refractivity contribution in [2.45, 2.75) is 38.1 Å². The number of nitrogens with zero attached hydrogens (tertiary/aromatic N) is 2. The van der Waals surface area contributed by atoms with Crippen LogP contribution in [-0.2, 0) is 10.2 Å². The highest BCUT2D eigenvalue weighted by Crippen LogP contribution is 2.27. The molecule has 1 N–H and O–H groups in total. The first kappa shape index (κ1) is 16.5. The fraction of sp³-hybridized carbons (Fsp3) is 0.400. The Labute approximate surface area is 143 Å². The molecule has 0 aliphatic carbocycles. The quantitative estimate of drug-likeness (QED) is 0.937. The molecule has 0 bridgehead atoms. The summed E-state index contributed by atoms with van der Waals surface area (Å²) in [6, 6.07) is 14.4. The van der Waals surface area contributed by atoms with Crippen molar-refractivity contribution in [2.24, 2.45) is 0 Å². The van der Waals surface area contributed by atoms with Gasteiger partial charge in [-0.3, -0.25) is 9.78 Å². The summed E-state index contributed by atoms with van der Waals surface area (Å²) in [6.07, 6.45) is 5.55. The monoisotopic (exact) mass is 323 g/mol. The van der Waals surface area contributed by atoms with Crippen LogP contribution in [0.3, 0.4) is 0 Å². The molecule has 2 aromatic rings. The Morgan fingerprint density at radius 3 is 2.46 bits per heavy atom. The third-order valence-corrected chi connectivity index (χ3v) is 4.84. The van der Waals surface area contributed by atoms with Crippen LogP contribution in [0.1, 0.15) is 32.3 Å². The molecule has 0 atom stereocenters. The number of nitrogens with one attached hydrogen (secondary N) is 1. The number of carbonyl (C=O) groups excluding carboxylic acids is 1. The maximum absolute atomic E-state index is 13.0. The molecule has 24 heavy (non-hydrogen) atoms. The number of pyridine rings is 1. The lowest BCUT2D eigenvalue weighted by molar-refractivity contribution is -0.137. The summed E-state index contributed by atoms with van der Waals surface area (Å²) in [5.74, 6) is 0.216. The molecule has 2 heterocycles. The van der Waals surface area contributed by atoms with Crippen molar-refractivity contribution < 1.29 is 4.79 Å². The maximum atomic E-state index is 13.0. The van der Waals surface area contributed by atoms with Crippen LogP contribution in [-0.4, -0.2) is 34.9 Å². The number of hydrogen-bond donors (Lipinski definition) is 1. The fourth-order valence-corrected chi connectivity index (χ4v) is 3.28. The van der Waals surface area contributed by atoms with Gasteiger partial charge in [-0.25, -0.2) is 0 Å². The van der Waals surface area contributed by atoms with Crippen molar-refractivity contribution in [1.29, 1.82) is 0 Å². The molecule has 1 amide bonds. The topological polar surface area (TPSA) is 45.2 Å². The highest BCUT2D eigenvalue weighted by atomic mass is 16.2. The molecular weight excluding hydrogens is 298 g/mol. The van der Waals surface area contributed by atoms with Gasteiger partial charge in [0.15, 0.2) is 0 Å². The second-order valence-electron chi connectivity index (χ2n) is 6.94. The first-order valence-electron chi connectivity index (χ1n) is 8.59. The van der Waals surface area contributed by atoms with Crippen molar-refractivity contribution in [3.8, 4) is 0 Å². The Hall–Kier alpha value is -2.36. The van der Waals surface area contributed by atoms with E-state index in [1.54, 1.807) is 6.20 Å². The molecule has 3 rings (SSSR count). The van der Waals surface area contributed by atoms with E-state index in [1.807, 2.05) is 67.4 Å². The summed E-state index contributed by atoms with van der Waals surface area (Å²) in [7, 11) is 0. The van der Waals surface area contributed by atoms with Gasteiger partial charge in [-0.1, -0.05) is 30.3 Å². The molecule has 4 nitrogen and oxygen atoms in total. The Bertz CT molecular complexity index is 662. The molecule has 0 radical (unpaired) electrons. The maximum Gasteiger partial charge on any atom is 0.232 e. The van der Waals surface area contributed by atoms with Crippen LogP contribution < -0.4 is 5.32 Å². The largest absolute Gasteiger partial charge is 0.381 e. The van der Waals surface area contributed by atoms with Crippen LogP contribution >= 0.6 is 0 Å². The van der Waals surface area contributed by atoms with Crippen molar-refractivity contribution in [3.05, 3.63) is 60.4 Å². The van der Waals surface area contributed by atoms with Crippen molar-refractivity contribution in [2.75, 3.05) is 18.4 Å². The van der Waals surface area contributed by atoms with E-state index in [0.29, 0.717) is 6.04 Å². The number of amides is 1. The van der Waals surface area contributed by atoms with Gasteiger partial charge in [0.2, 0.25) is 5.91 Å². The molecule has 1 aliphatic heterocycles. The van der Waals surface area contributed by atoms with Crippen LogP contribution in [0.4, 0.5) is 5.69 Å². The highest BCUT2D eigenvalue weighted by molar-refractivity contribution is 5.87. The van der Waals surface area contributed by atoms with E-state index in [2.05, 4.69) is 10.3 Å². The number of hydrogen-bond acceptors (Lipinski definition) is 3. The van der Waals surface area contributed by atoms with Crippen molar-refractivity contribution >= 4 is 11.6 Å². The lowest BCUT2D eigenvalue weighted by atomic mass is 9.82. The van der Waals surface area contributed by atoms with E-state index in [-0.39, 0.29) is 5.91 Å². The van der Waals surface area contributed by atoms with Gasteiger partial charge in [0.25, 0.3) is 0 Å². The molecule has 0 spiro atoms. The zero-order chi connectivity index (χ0) is 17.0. The van der Waals surface area contributed by atoms with Gasteiger partial charge >= 0.3 is 0 Å². The van der Waals surface area contributed by atoms with Gasteiger partial charge in [-0.15, -0.1) is 0 Å². The van der Waals surface area contributed by atoms with Crippen LogP contribution in [0.25, 0.3) is 0 Å². The predicted molar refractivity (Wildman–Crippen MR) is 96.9 cm³/mol. The standard InChI is InChI=1S/C20H25N3O/c1-20(2,16-7-4-3-5-8-16)19(24)23-13-10-17(11-14-23)22-18-9-6-12-21-15-18/h3-9,12,15,17,22H,10-11,13-14H2,1-2H3. The Kier molecular flexibility index (Phi) is 4.84. The number of benzene rings is 1. The summed E-state index contributed by atoms with van der Waals surface area (Å²) < 4.78 is 0. The van der Waals surface area contributed by atoms with E-state index >= 15 is 0 Å². The summed E-state index contributed by atoms with van der Waals surface area (Å²) in [5, 5.41) is 3.51. The Morgan fingerprint density at radius 2 is 1.83 bits per heavy atom. The van der Waals surface area contributed by atoms with Crippen molar-refractivity contribution in [3.63, 3.8) is 0 Å². The number of aromatic nitrogens is 1. The van der Waals surface area contributed by atoms with Crippen LogP contribution in [0.2, 0.25) is 0 Å². The van der Waals surface area contributed by atoms with Crippen LogP contribution in [0.5, 0.6) is 0 Å². The van der Waals surface area contributed by atoms with Gasteiger partial charge < -0.3 is 10.2 Å². The molecular formula is C20H25N3O. The number of anilines is 1. The Morgan fingerprint density at radius 1 is 1.12 bits per heavy atom. The SMILES string of the molecule is CC(C)(C(=O)N1CCC(Nc2cccnc2)CC1)c1ccccc1. The fourth-order valence-electron chi connectivity index (χ4n) is 3.28. The first-order valence-corrected chi connectivity index (χ1v) is 8.59. The minimum absolute atomic E-state index is 0.216. The van der Waals surface area contributed by atoms with Gasteiger partial charge in [0.1, 0.15) is 0 Å². The second kappa shape index (κ2) is 7.04. The smallest absolute Gasteiger partial charge is 0.232 e. The zero-order valence-electron chi connectivity index (χ0n) is 14.4. The van der Waals surface area contributed by atoms with E-state index in [1.165, 1.54) is 0 Å². The van der Waals surface area contributed by atoms with Gasteiger partial charge in [-0.2, -0.15) is 0 Å². The Balaban J connectivity index is 1.59. The van der Waals surface area contributed by atoms with E-state index in [0.717, 1.165) is 37.2 Å². The molecule has 0 saturated carbocycles. The lowest BCUT2D eigenvalue weighted by Gasteiger charge is -2.37.